The minimum absolute atomic E-state index is 0.0488. The number of fused-ring (bicyclic) bond motifs is 5. The first-order valence-corrected chi connectivity index (χ1v) is 8.10. The fourth-order valence-corrected chi connectivity index (χ4v) is 4.01. The van der Waals surface area contributed by atoms with Crippen molar-refractivity contribution in [1.29, 1.82) is 0 Å². The number of non-ortho nitro benzene ring substituents is 1. The van der Waals surface area contributed by atoms with E-state index in [0.29, 0.717) is 12.8 Å². The third-order valence-corrected chi connectivity index (χ3v) is 5.01. The minimum atomic E-state index is -2.76. The summed E-state index contributed by atoms with van der Waals surface area (Å²) in [6, 6.07) is 3.23. The number of carbonyl (C=O) groups is 2. The average molecular weight is 368 g/mol. The lowest BCUT2D eigenvalue weighted by atomic mass is 9.81. The Hall–Kier alpha value is -2.62. The summed E-state index contributed by atoms with van der Waals surface area (Å²) in [6.45, 7) is -0.953. The second-order valence-corrected chi connectivity index (χ2v) is 6.50. The van der Waals surface area contributed by atoms with Crippen molar-refractivity contribution in [2.24, 2.45) is 11.8 Å². The topological polar surface area (TPSA) is 99.0 Å². The molecule has 4 atom stereocenters. The number of ether oxygens (including phenoxy) is 2. The highest BCUT2D eigenvalue weighted by Gasteiger charge is 2.62. The molecule has 0 saturated carbocycles. The summed E-state index contributed by atoms with van der Waals surface area (Å²) in [5.41, 5.74) is -0.504. The molecule has 3 heterocycles. The Morgan fingerprint density at radius 1 is 1.19 bits per heavy atom. The van der Waals surface area contributed by atoms with Gasteiger partial charge >= 0.3 is 0 Å². The van der Waals surface area contributed by atoms with Gasteiger partial charge in [0.15, 0.2) is 0 Å². The van der Waals surface area contributed by atoms with E-state index in [1.54, 1.807) is 0 Å². The number of nitro benzene ring substituents is 1. The molecule has 0 radical (unpaired) electrons. The van der Waals surface area contributed by atoms with Gasteiger partial charge in [0.05, 0.1) is 40.7 Å². The molecule has 0 unspecified atom stereocenters. The highest BCUT2D eigenvalue weighted by atomic mass is 19.3. The lowest BCUT2D eigenvalue weighted by molar-refractivity contribution is -0.384. The summed E-state index contributed by atoms with van der Waals surface area (Å²) >= 11 is 0. The highest BCUT2D eigenvalue weighted by molar-refractivity contribution is 6.23. The number of nitro groups is 1. The maximum atomic E-state index is 12.7. The fraction of sp³-hybridized carbons (Fsp3) is 0.500. The summed E-state index contributed by atoms with van der Waals surface area (Å²) in [5.74, 6) is -2.34. The molecule has 26 heavy (non-hydrogen) atoms. The van der Waals surface area contributed by atoms with Crippen LogP contribution in [0.2, 0.25) is 0 Å². The van der Waals surface area contributed by atoms with E-state index in [2.05, 4.69) is 0 Å². The van der Waals surface area contributed by atoms with E-state index in [1.807, 2.05) is 0 Å². The number of nitrogens with zero attached hydrogens (tertiary/aromatic N) is 2. The number of amides is 2. The van der Waals surface area contributed by atoms with Crippen LogP contribution in [0, 0.1) is 22.0 Å². The number of benzene rings is 1. The van der Waals surface area contributed by atoms with Crippen molar-refractivity contribution in [3.8, 4) is 5.75 Å². The molecule has 0 N–H and O–H groups in total. The van der Waals surface area contributed by atoms with Crippen LogP contribution in [-0.2, 0) is 14.3 Å². The van der Waals surface area contributed by atoms with Crippen LogP contribution in [0.1, 0.15) is 12.8 Å². The lowest BCUT2D eigenvalue weighted by Crippen LogP contribution is -2.34. The molecule has 2 bridgehead atoms. The second-order valence-electron chi connectivity index (χ2n) is 6.50. The normalized spacial score (nSPS) is 29.6. The Morgan fingerprint density at radius 2 is 1.81 bits per heavy atom. The van der Waals surface area contributed by atoms with Gasteiger partial charge in [-0.25, -0.2) is 13.7 Å². The Labute approximate surface area is 145 Å². The van der Waals surface area contributed by atoms with E-state index in [1.165, 1.54) is 6.07 Å². The molecule has 0 spiro atoms. The van der Waals surface area contributed by atoms with E-state index in [0.717, 1.165) is 17.0 Å². The first-order valence-electron chi connectivity index (χ1n) is 8.10. The van der Waals surface area contributed by atoms with E-state index in [9.17, 15) is 28.5 Å². The zero-order chi connectivity index (χ0) is 18.6. The number of carbonyl (C=O) groups excluding carboxylic acids is 2. The Morgan fingerprint density at radius 3 is 2.35 bits per heavy atom. The molecule has 1 aromatic rings. The van der Waals surface area contributed by atoms with E-state index < -0.39 is 47.3 Å². The summed E-state index contributed by atoms with van der Waals surface area (Å²) in [4.78, 5) is 36.8. The van der Waals surface area contributed by atoms with Crippen molar-refractivity contribution in [2.75, 3.05) is 11.5 Å². The highest BCUT2D eigenvalue weighted by Crippen LogP contribution is 2.49. The van der Waals surface area contributed by atoms with E-state index >= 15 is 0 Å². The van der Waals surface area contributed by atoms with E-state index in [-0.39, 0.29) is 23.6 Å². The Balaban J connectivity index is 1.69. The molecule has 0 aromatic heterocycles. The van der Waals surface area contributed by atoms with Crippen molar-refractivity contribution >= 4 is 23.2 Å². The SMILES string of the molecule is O=C1[C@@H]2[C@H](C(=O)N1c1cc(OCC(F)F)cc([N+](=O)[O-])c1)[C@H]1CC[C@H]2O1. The number of anilines is 1. The molecule has 10 heteroatoms. The molecule has 1 aromatic carbocycles. The molecule has 2 amide bonds. The number of halogens is 2. The van der Waals surface area contributed by atoms with Crippen LogP contribution in [0.25, 0.3) is 0 Å². The Kier molecular flexibility index (Phi) is 3.87. The molecule has 3 aliphatic heterocycles. The number of rotatable bonds is 5. The van der Waals surface area contributed by atoms with Gasteiger partial charge in [-0.1, -0.05) is 0 Å². The van der Waals surface area contributed by atoms with E-state index in [4.69, 9.17) is 9.47 Å². The number of hydrogen-bond donors (Lipinski definition) is 0. The van der Waals surface area contributed by atoms with Crippen molar-refractivity contribution in [1.82, 2.24) is 0 Å². The number of alkyl halides is 2. The van der Waals surface area contributed by atoms with Gasteiger partial charge in [-0.3, -0.25) is 19.7 Å². The molecular formula is C16H14F2N2O6. The summed E-state index contributed by atoms with van der Waals surface area (Å²) < 4.78 is 35.2. The summed E-state index contributed by atoms with van der Waals surface area (Å²) in [5, 5.41) is 11.1. The molecule has 138 valence electrons. The predicted molar refractivity (Wildman–Crippen MR) is 82.0 cm³/mol. The van der Waals surface area contributed by atoms with Crippen LogP contribution < -0.4 is 9.64 Å². The van der Waals surface area contributed by atoms with Crippen molar-refractivity contribution in [3.05, 3.63) is 28.3 Å². The first kappa shape index (κ1) is 16.8. The fourth-order valence-electron chi connectivity index (χ4n) is 4.01. The van der Waals surface area contributed by atoms with Crippen molar-refractivity contribution in [2.45, 2.75) is 31.5 Å². The van der Waals surface area contributed by atoms with Gasteiger partial charge in [-0.05, 0) is 12.8 Å². The predicted octanol–water partition coefficient (Wildman–Crippen LogP) is 1.91. The molecule has 0 aliphatic carbocycles. The molecule has 4 rings (SSSR count). The van der Waals surface area contributed by atoms with Crippen LogP contribution in [0.3, 0.4) is 0 Å². The minimum Gasteiger partial charge on any atom is -0.487 e. The van der Waals surface area contributed by atoms with Crippen LogP contribution >= 0.6 is 0 Å². The van der Waals surface area contributed by atoms with Crippen molar-refractivity contribution < 1.29 is 32.8 Å². The summed E-state index contributed by atoms with van der Waals surface area (Å²) in [6.07, 6.45) is -2.02. The van der Waals surface area contributed by atoms with Crippen LogP contribution in [0.5, 0.6) is 5.75 Å². The first-order chi connectivity index (χ1) is 12.4. The van der Waals surface area contributed by atoms with Gasteiger partial charge in [-0.2, -0.15) is 0 Å². The zero-order valence-electron chi connectivity index (χ0n) is 13.3. The standard InChI is InChI=1S/C16H14F2N2O6/c17-12(18)6-25-9-4-7(3-8(5-9)20(23)24)19-15(21)13-10-1-2-11(26-10)14(13)16(19)22/h3-5,10-14H,1-2,6H2/t10-,11-,13-,14+/m1/s1. The quantitative estimate of drug-likeness (QED) is 0.447. The molecule has 3 saturated heterocycles. The largest absolute Gasteiger partial charge is 0.487 e. The number of hydrogen-bond acceptors (Lipinski definition) is 6. The van der Waals surface area contributed by atoms with Gasteiger partial charge in [0.1, 0.15) is 12.4 Å². The van der Waals surface area contributed by atoms with Crippen LogP contribution in [-0.4, -0.2) is 42.0 Å². The molecular weight excluding hydrogens is 354 g/mol. The van der Waals surface area contributed by atoms with Gasteiger partial charge < -0.3 is 9.47 Å². The van der Waals surface area contributed by atoms with Crippen LogP contribution in [0.4, 0.5) is 20.2 Å². The third-order valence-electron chi connectivity index (χ3n) is 5.01. The van der Waals surface area contributed by atoms with Crippen LogP contribution in [0.15, 0.2) is 18.2 Å². The second kappa shape index (κ2) is 5.97. The number of imide groups is 1. The Bertz CT molecular complexity index is 773. The van der Waals surface area contributed by atoms with Gasteiger partial charge in [0, 0.05) is 12.1 Å². The monoisotopic (exact) mass is 368 g/mol. The maximum Gasteiger partial charge on any atom is 0.275 e. The van der Waals surface area contributed by atoms with Gasteiger partial charge in [0.2, 0.25) is 11.8 Å². The maximum absolute atomic E-state index is 12.7. The lowest BCUT2D eigenvalue weighted by Gasteiger charge is -2.18. The average Bonchev–Trinajstić information content (AvgIpc) is 3.26. The zero-order valence-corrected chi connectivity index (χ0v) is 13.3. The smallest absolute Gasteiger partial charge is 0.275 e. The molecule has 8 nitrogen and oxygen atoms in total. The van der Waals surface area contributed by atoms with Gasteiger partial charge in [0.25, 0.3) is 12.1 Å². The third kappa shape index (κ3) is 2.52. The summed E-state index contributed by atoms with van der Waals surface area (Å²) in [7, 11) is 0. The van der Waals surface area contributed by atoms with Crippen molar-refractivity contribution in [3.63, 3.8) is 0 Å². The molecule has 3 fully saturated rings. The van der Waals surface area contributed by atoms with Gasteiger partial charge in [-0.15, -0.1) is 0 Å². The molecule has 3 aliphatic rings.